The predicted molar refractivity (Wildman–Crippen MR) is 138 cm³/mol. The molecule has 1 heterocycles. The SMILES string of the molecule is COC(=O)c1cc(-c2ccc(NC(C)C)cc2)c(OC)cc1-c1ccc(NC2CCCC2)nc1. The summed E-state index contributed by atoms with van der Waals surface area (Å²) in [6.07, 6.45) is 6.69. The molecule has 1 aromatic heterocycles. The second-order valence-corrected chi connectivity index (χ2v) is 9.02. The van der Waals surface area contributed by atoms with Crippen molar-refractivity contribution in [1.82, 2.24) is 4.98 Å². The first-order chi connectivity index (χ1) is 16.5. The Morgan fingerprint density at radius 1 is 0.971 bits per heavy atom. The maximum Gasteiger partial charge on any atom is 0.338 e. The lowest BCUT2D eigenvalue weighted by atomic mass is 9.94. The fourth-order valence-corrected chi connectivity index (χ4v) is 4.49. The summed E-state index contributed by atoms with van der Waals surface area (Å²) in [4.78, 5) is 17.4. The zero-order valence-electron chi connectivity index (χ0n) is 20.4. The van der Waals surface area contributed by atoms with Gasteiger partial charge < -0.3 is 20.1 Å². The molecule has 0 saturated heterocycles. The zero-order valence-corrected chi connectivity index (χ0v) is 20.4. The minimum Gasteiger partial charge on any atom is -0.496 e. The van der Waals surface area contributed by atoms with Gasteiger partial charge in [0.05, 0.1) is 19.8 Å². The second-order valence-electron chi connectivity index (χ2n) is 9.02. The average molecular weight is 460 g/mol. The Morgan fingerprint density at radius 3 is 2.26 bits per heavy atom. The van der Waals surface area contributed by atoms with Crippen LogP contribution in [0.3, 0.4) is 0 Å². The molecule has 2 N–H and O–H groups in total. The van der Waals surface area contributed by atoms with Crippen molar-refractivity contribution in [1.29, 1.82) is 0 Å². The molecule has 0 radical (unpaired) electrons. The van der Waals surface area contributed by atoms with Crippen LogP contribution in [-0.4, -0.2) is 37.3 Å². The van der Waals surface area contributed by atoms with Gasteiger partial charge in [-0.05, 0) is 68.7 Å². The van der Waals surface area contributed by atoms with Gasteiger partial charge in [0.2, 0.25) is 0 Å². The number of methoxy groups -OCH3 is 2. The lowest BCUT2D eigenvalue weighted by molar-refractivity contribution is 0.0601. The van der Waals surface area contributed by atoms with E-state index in [-0.39, 0.29) is 0 Å². The van der Waals surface area contributed by atoms with E-state index in [1.165, 1.54) is 32.8 Å². The molecule has 2 aromatic carbocycles. The largest absolute Gasteiger partial charge is 0.496 e. The predicted octanol–water partition coefficient (Wildman–Crippen LogP) is 6.39. The van der Waals surface area contributed by atoms with Crippen LogP contribution in [0.1, 0.15) is 49.9 Å². The molecule has 1 aliphatic rings. The van der Waals surface area contributed by atoms with Gasteiger partial charge in [0.25, 0.3) is 0 Å². The zero-order chi connectivity index (χ0) is 24.1. The Kier molecular flexibility index (Phi) is 7.36. The van der Waals surface area contributed by atoms with Crippen molar-refractivity contribution in [3.63, 3.8) is 0 Å². The molecule has 1 fully saturated rings. The summed E-state index contributed by atoms with van der Waals surface area (Å²) in [5.74, 6) is 1.14. The van der Waals surface area contributed by atoms with E-state index in [1.54, 1.807) is 13.3 Å². The highest BCUT2D eigenvalue weighted by Crippen LogP contribution is 2.38. The van der Waals surface area contributed by atoms with Crippen molar-refractivity contribution in [2.75, 3.05) is 24.9 Å². The molecule has 0 amide bonds. The van der Waals surface area contributed by atoms with Gasteiger partial charge in [0.15, 0.2) is 0 Å². The molecule has 6 heteroatoms. The molecule has 0 atom stereocenters. The van der Waals surface area contributed by atoms with E-state index >= 15 is 0 Å². The normalized spacial score (nSPS) is 13.7. The molecular weight excluding hydrogens is 426 g/mol. The van der Waals surface area contributed by atoms with Gasteiger partial charge in [0, 0.05) is 40.7 Å². The highest BCUT2D eigenvalue weighted by molar-refractivity contribution is 6.00. The number of rotatable bonds is 8. The van der Waals surface area contributed by atoms with Crippen LogP contribution in [0.5, 0.6) is 5.75 Å². The Morgan fingerprint density at radius 2 is 1.68 bits per heavy atom. The summed E-state index contributed by atoms with van der Waals surface area (Å²) in [6.45, 7) is 4.20. The Labute approximate surface area is 201 Å². The summed E-state index contributed by atoms with van der Waals surface area (Å²) in [7, 11) is 3.04. The number of benzene rings is 2. The lowest BCUT2D eigenvalue weighted by Crippen LogP contribution is -2.15. The third kappa shape index (κ3) is 5.33. The molecule has 1 saturated carbocycles. The summed E-state index contributed by atoms with van der Waals surface area (Å²) in [5.41, 5.74) is 4.86. The number of pyridine rings is 1. The number of nitrogens with zero attached hydrogens (tertiary/aromatic N) is 1. The van der Waals surface area contributed by atoms with E-state index in [0.29, 0.717) is 23.4 Å². The van der Waals surface area contributed by atoms with Crippen molar-refractivity contribution in [2.24, 2.45) is 0 Å². The fourth-order valence-electron chi connectivity index (χ4n) is 4.49. The van der Waals surface area contributed by atoms with Gasteiger partial charge in [-0.3, -0.25) is 0 Å². The monoisotopic (exact) mass is 459 g/mol. The maximum absolute atomic E-state index is 12.8. The summed E-state index contributed by atoms with van der Waals surface area (Å²) in [6, 6.07) is 16.6. The number of nitrogens with one attached hydrogen (secondary N) is 2. The number of carbonyl (C=O) groups excluding carboxylic acids is 1. The van der Waals surface area contributed by atoms with Gasteiger partial charge in [-0.2, -0.15) is 0 Å². The van der Waals surface area contributed by atoms with Gasteiger partial charge in [-0.1, -0.05) is 25.0 Å². The van der Waals surface area contributed by atoms with Gasteiger partial charge >= 0.3 is 5.97 Å². The van der Waals surface area contributed by atoms with E-state index < -0.39 is 5.97 Å². The summed E-state index contributed by atoms with van der Waals surface area (Å²) < 4.78 is 10.9. The van der Waals surface area contributed by atoms with Crippen LogP contribution in [0.4, 0.5) is 11.5 Å². The minimum atomic E-state index is -0.398. The molecule has 0 unspecified atom stereocenters. The highest BCUT2D eigenvalue weighted by atomic mass is 16.5. The minimum absolute atomic E-state index is 0.346. The third-order valence-electron chi connectivity index (χ3n) is 6.18. The van der Waals surface area contributed by atoms with Crippen molar-refractivity contribution in [3.05, 3.63) is 60.3 Å². The lowest BCUT2D eigenvalue weighted by Gasteiger charge is -2.17. The topological polar surface area (TPSA) is 72.5 Å². The van der Waals surface area contributed by atoms with E-state index in [2.05, 4.69) is 29.5 Å². The van der Waals surface area contributed by atoms with E-state index in [9.17, 15) is 4.79 Å². The molecule has 6 nitrogen and oxygen atoms in total. The number of hydrogen-bond donors (Lipinski definition) is 2. The third-order valence-corrected chi connectivity index (χ3v) is 6.18. The van der Waals surface area contributed by atoms with Crippen LogP contribution < -0.4 is 15.4 Å². The summed E-state index contributed by atoms with van der Waals surface area (Å²) >= 11 is 0. The fraction of sp³-hybridized carbons (Fsp3) is 0.357. The first kappa shape index (κ1) is 23.6. The number of hydrogen-bond acceptors (Lipinski definition) is 6. The second kappa shape index (κ2) is 10.6. The molecule has 3 aromatic rings. The summed E-state index contributed by atoms with van der Waals surface area (Å²) in [5, 5.41) is 6.90. The number of carbonyl (C=O) groups is 1. The number of esters is 1. The Balaban J connectivity index is 1.69. The first-order valence-corrected chi connectivity index (χ1v) is 11.9. The van der Waals surface area contributed by atoms with Crippen LogP contribution >= 0.6 is 0 Å². The van der Waals surface area contributed by atoms with Gasteiger partial charge in [-0.15, -0.1) is 0 Å². The molecule has 1 aliphatic carbocycles. The highest BCUT2D eigenvalue weighted by Gasteiger charge is 2.20. The van der Waals surface area contributed by atoms with Crippen molar-refractivity contribution in [3.8, 4) is 28.0 Å². The van der Waals surface area contributed by atoms with Crippen LogP contribution in [0.15, 0.2) is 54.7 Å². The number of anilines is 2. The van der Waals surface area contributed by atoms with E-state index in [1.807, 2.05) is 48.5 Å². The average Bonchev–Trinajstić information content (AvgIpc) is 3.36. The van der Waals surface area contributed by atoms with Crippen molar-refractivity contribution < 1.29 is 14.3 Å². The van der Waals surface area contributed by atoms with E-state index in [0.717, 1.165) is 33.8 Å². The Hall–Kier alpha value is -3.54. The molecule has 4 rings (SSSR count). The molecule has 34 heavy (non-hydrogen) atoms. The number of ether oxygens (including phenoxy) is 2. The van der Waals surface area contributed by atoms with Crippen LogP contribution in [-0.2, 0) is 4.74 Å². The van der Waals surface area contributed by atoms with E-state index in [4.69, 9.17) is 9.47 Å². The molecule has 178 valence electrons. The molecular formula is C28H33N3O3. The van der Waals surface area contributed by atoms with Crippen LogP contribution in [0.2, 0.25) is 0 Å². The Bertz CT molecular complexity index is 1120. The first-order valence-electron chi connectivity index (χ1n) is 11.9. The van der Waals surface area contributed by atoms with Gasteiger partial charge in [0.1, 0.15) is 11.6 Å². The quantitative estimate of drug-likeness (QED) is 0.381. The molecule has 0 bridgehead atoms. The molecule has 0 aliphatic heterocycles. The standard InChI is InChI=1S/C28H33N3O3/c1-18(2)30-22-12-9-19(10-13-22)24-15-25(28(32)34-4)23(16-26(24)33-3)20-11-14-27(29-17-20)31-21-7-5-6-8-21/h9-18,21,30H,5-8H2,1-4H3,(H,29,31). The maximum atomic E-state index is 12.8. The van der Waals surface area contributed by atoms with Crippen molar-refractivity contribution in [2.45, 2.75) is 51.6 Å². The van der Waals surface area contributed by atoms with Crippen LogP contribution in [0.25, 0.3) is 22.3 Å². The van der Waals surface area contributed by atoms with Gasteiger partial charge in [-0.25, -0.2) is 9.78 Å². The number of aromatic nitrogens is 1. The smallest absolute Gasteiger partial charge is 0.338 e. The van der Waals surface area contributed by atoms with Crippen molar-refractivity contribution >= 4 is 17.5 Å². The molecule has 0 spiro atoms. The van der Waals surface area contributed by atoms with Crippen LogP contribution in [0, 0.1) is 0 Å².